The first-order valence-electron chi connectivity index (χ1n) is 12.1. The van der Waals surface area contributed by atoms with Crippen LogP contribution in [0.2, 0.25) is 0 Å². The highest BCUT2D eigenvalue weighted by Crippen LogP contribution is 2.44. The fourth-order valence-corrected chi connectivity index (χ4v) is 4.55. The van der Waals surface area contributed by atoms with Gasteiger partial charge in [0.25, 0.3) is 0 Å². The highest BCUT2D eigenvalue weighted by Gasteiger charge is 2.35. The third kappa shape index (κ3) is 5.57. The third-order valence-electron chi connectivity index (χ3n) is 6.69. The van der Waals surface area contributed by atoms with Gasteiger partial charge in [-0.05, 0) is 81.2 Å². The second kappa shape index (κ2) is 11.3. The Kier molecular flexibility index (Phi) is 8.45. The third-order valence-corrected chi connectivity index (χ3v) is 6.69. The predicted molar refractivity (Wildman–Crippen MR) is 127 cm³/mol. The summed E-state index contributed by atoms with van der Waals surface area (Å²) in [6, 6.07) is 8.36. The molecule has 172 valence electrons. The molecule has 0 aliphatic carbocycles. The monoisotopic (exact) mass is 436 g/mol. The molecule has 0 unspecified atom stereocenters. The second-order valence-corrected chi connectivity index (χ2v) is 8.47. The quantitative estimate of drug-likeness (QED) is 0.261. The minimum Gasteiger partial charge on any atom is -0.493 e. The number of furan rings is 1. The zero-order valence-electron chi connectivity index (χ0n) is 20.0. The number of carbonyl (C=O) groups excluding carboxylic acids is 1. The standard InChI is InChI=1S/C28H36O4/c1-5-21-20-26-25(28(6-2,7-3)17-18-31-26)19-22(21)13-14-24-16-15-23(32-24)11-9-10-12-27(29)30-8-4/h15-16,19-20H,5-12,17-18H2,1-4H3. The number of benzene rings is 1. The molecule has 0 N–H and O–H groups in total. The molecule has 0 saturated carbocycles. The highest BCUT2D eigenvalue weighted by molar-refractivity contribution is 5.69. The number of aryl methyl sites for hydroxylation is 2. The molecule has 2 aromatic rings. The van der Waals surface area contributed by atoms with Crippen molar-refractivity contribution in [1.29, 1.82) is 0 Å². The van der Waals surface area contributed by atoms with Crippen molar-refractivity contribution in [2.45, 2.75) is 84.5 Å². The van der Waals surface area contributed by atoms with E-state index in [1.807, 2.05) is 19.1 Å². The molecule has 4 nitrogen and oxygen atoms in total. The Balaban J connectivity index is 1.72. The van der Waals surface area contributed by atoms with E-state index in [4.69, 9.17) is 13.9 Å². The van der Waals surface area contributed by atoms with Gasteiger partial charge in [0.2, 0.25) is 0 Å². The van der Waals surface area contributed by atoms with Crippen LogP contribution in [0.5, 0.6) is 5.75 Å². The van der Waals surface area contributed by atoms with Crippen LogP contribution in [0, 0.1) is 11.8 Å². The molecule has 1 aliphatic rings. The van der Waals surface area contributed by atoms with E-state index in [1.165, 1.54) is 11.1 Å². The van der Waals surface area contributed by atoms with Crippen LogP contribution in [0.25, 0.3) is 0 Å². The van der Waals surface area contributed by atoms with Crippen molar-refractivity contribution in [3.05, 3.63) is 52.5 Å². The number of hydrogen-bond acceptors (Lipinski definition) is 4. The molecule has 3 rings (SSSR count). The fourth-order valence-electron chi connectivity index (χ4n) is 4.55. The zero-order valence-corrected chi connectivity index (χ0v) is 20.0. The summed E-state index contributed by atoms with van der Waals surface area (Å²) in [5.74, 6) is 9.08. The van der Waals surface area contributed by atoms with Crippen LogP contribution in [0.4, 0.5) is 0 Å². The van der Waals surface area contributed by atoms with Crippen molar-refractivity contribution in [3.8, 4) is 17.6 Å². The molecule has 0 saturated heterocycles. The normalized spacial score (nSPS) is 14.1. The van der Waals surface area contributed by atoms with Crippen molar-refractivity contribution in [3.63, 3.8) is 0 Å². The van der Waals surface area contributed by atoms with E-state index in [9.17, 15) is 4.79 Å². The molecule has 4 heteroatoms. The van der Waals surface area contributed by atoms with Gasteiger partial charge in [-0.25, -0.2) is 0 Å². The smallest absolute Gasteiger partial charge is 0.305 e. The number of unbranched alkanes of at least 4 members (excludes halogenated alkanes) is 1. The first kappa shape index (κ1) is 24.0. The lowest BCUT2D eigenvalue weighted by Crippen LogP contribution is -2.32. The van der Waals surface area contributed by atoms with Crippen LogP contribution in [0.1, 0.15) is 94.4 Å². The topological polar surface area (TPSA) is 48.7 Å². The lowest BCUT2D eigenvalue weighted by molar-refractivity contribution is -0.143. The van der Waals surface area contributed by atoms with E-state index in [1.54, 1.807) is 0 Å². The molecule has 0 radical (unpaired) electrons. The maximum atomic E-state index is 11.4. The number of esters is 1. The lowest BCUT2D eigenvalue weighted by atomic mass is 9.71. The summed E-state index contributed by atoms with van der Waals surface area (Å²) in [5, 5.41) is 0. The lowest BCUT2D eigenvalue weighted by Gasteiger charge is -2.38. The van der Waals surface area contributed by atoms with Gasteiger partial charge >= 0.3 is 5.97 Å². The van der Waals surface area contributed by atoms with E-state index in [0.717, 1.165) is 68.6 Å². The number of fused-ring (bicyclic) bond motifs is 1. The SMILES string of the molecule is CCOC(=O)CCCCc1ccc(C#Cc2cc3c(cc2CC)OCCC3(CC)CC)o1. The molecule has 0 fully saturated rings. The Morgan fingerprint density at radius 2 is 1.91 bits per heavy atom. The number of ether oxygens (including phenoxy) is 2. The second-order valence-electron chi connectivity index (χ2n) is 8.47. The zero-order chi connectivity index (χ0) is 23.0. The van der Waals surface area contributed by atoms with Gasteiger partial charge in [-0.1, -0.05) is 26.7 Å². The minimum absolute atomic E-state index is 0.129. The summed E-state index contributed by atoms with van der Waals surface area (Å²) < 4.78 is 16.9. The van der Waals surface area contributed by atoms with Gasteiger partial charge in [-0.15, -0.1) is 0 Å². The molecular weight excluding hydrogens is 400 g/mol. The summed E-state index contributed by atoms with van der Waals surface area (Å²) in [6.45, 7) is 9.76. The van der Waals surface area contributed by atoms with Crippen LogP contribution < -0.4 is 4.74 Å². The average Bonchev–Trinajstić information content (AvgIpc) is 3.27. The summed E-state index contributed by atoms with van der Waals surface area (Å²) >= 11 is 0. The van der Waals surface area contributed by atoms with Gasteiger partial charge < -0.3 is 13.9 Å². The Morgan fingerprint density at radius 3 is 2.62 bits per heavy atom. The highest BCUT2D eigenvalue weighted by atomic mass is 16.5. The van der Waals surface area contributed by atoms with Gasteiger partial charge in [0, 0.05) is 29.4 Å². The summed E-state index contributed by atoms with van der Waals surface area (Å²) in [5.41, 5.74) is 3.76. The Morgan fingerprint density at radius 1 is 1.09 bits per heavy atom. The molecule has 0 atom stereocenters. The Bertz CT molecular complexity index is 969. The van der Waals surface area contributed by atoms with Gasteiger partial charge in [-0.2, -0.15) is 0 Å². The molecular formula is C28H36O4. The van der Waals surface area contributed by atoms with Crippen LogP contribution >= 0.6 is 0 Å². The fraction of sp³-hybridized carbons (Fsp3) is 0.536. The van der Waals surface area contributed by atoms with E-state index >= 15 is 0 Å². The van der Waals surface area contributed by atoms with Crippen molar-refractivity contribution < 1.29 is 18.7 Å². The number of hydrogen-bond donors (Lipinski definition) is 0. The summed E-state index contributed by atoms with van der Waals surface area (Å²) in [4.78, 5) is 11.4. The average molecular weight is 437 g/mol. The van der Waals surface area contributed by atoms with E-state index in [0.29, 0.717) is 18.8 Å². The number of carbonyl (C=O) groups is 1. The molecule has 0 amide bonds. The molecule has 1 aliphatic heterocycles. The first-order valence-corrected chi connectivity index (χ1v) is 12.1. The van der Waals surface area contributed by atoms with Crippen molar-refractivity contribution >= 4 is 5.97 Å². The van der Waals surface area contributed by atoms with Crippen molar-refractivity contribution in [1.82, 2.24) is 0 Å². The van der Waals surface area contributed by atoms with Crippen LogP contribution in [-0.2, 0) is 27.8 Å². The first-order chi connectivity index (χ1) is 15.5. The molecule has 1 aromatic carbocycles. The molecule has 32 heavy (non-hydrogen) atoms. The molecule has 1 aromatic heterocycles. The summed E-state index contributed by atoms with van der Waals surface area (Å²) in [6.07, 6.45) is 7.13. The van der Waals surface area contributed by atoms with Gasteiger partial charge in [0.1, 0.15) is 11.5 Å². The van der Waals surface area contributed by atoms with Gasteiger partial charge in [0.05, 0.1) is 13.2 Å². The van der Waals surface area contributed by atoms with E-state index < -0.39 is 0 Å². The Hall–Kier alpha value is -2.67. The van der Waals surface area contributed by atoms with Crippen molar-refractivity contribution in [2.75, 3.05) is 13.2 Å². The van der Waals surface area contributed by atoms with Crippen LogP contribution in [-0.4, -0.2) is 19.2 Å². The van der Waals surface area contributed by atoms with Crippen molar-refractivity contribution in [2.24, 2.45) is 0 Å². The van der Waals surface area contributed by atoms with Crippen LogP contribution in [0.3, 0.4) is 0 Å². The molecule has 0 bridgehead atoms. The Labute approximate surface area is 192 Å². The minimum atomic E-state index is -0.129. The number of rotatable bonds is 9. The summed E-state index contributed by atoms with van der Waals surface area (Å²) in [7, 11) is 0. The largest absolute Gasteiger partial charge is 0.493 e. The molecule has 0 spiro atoms. The maximum Gasteiger partial charge on any atom is 0.305 e. The van der Waals surface area contributed by atoms with E-state index in [2.05, 4.69) is 44.7 Å². The van der Waals surface area contributed by atoms with Crippen LogP contribution in [0.15, 0.2) is 28.7 Å². The molecule has 2 heterocycles. The van der Waals surface area contributed by atoms with Gasteiger partial charge in [0.15, 0.2) is 5.76 Å². The van der Waals surface area contributed by atoms with E-state index in [-0.39, 0.29) is 11.4 Å². The maximum absolute atomic E-state index is 11.4. The van der Waals surface area contributed by atoms with Gasteiger partial charge in [-0.3, -0.25) is 4.79 Å². The predicted octanol–water partition coefficient (Wildman–Crippen LogP) is 6.36.